The lowest BCUT2D eigenvalue weighted by atomic mass is 10.1. The molecule has 0 aromatic heterocycles. The van der Waals surface area contributed by atoms with Crippen molar-refractivity contribution in [1.29, 1.82) is 5.26 Å². The predicted molar refractivity (Wildman–Crippen MR) is 83.4 cm³/mol. The van der Waals surface area contributed by atoms with Gasteiger partial charge in [0.1, 0.15) is 5.75 Å². The fourth-order valence-electron chi connectivity index (χ4n) is 2.06. The Labute approximate surface area is 126 Å². The van der Waals surface area contributed by atoms with Crippen molar-refractivity contribution in [1.82, 2.24) is 0 Å². The van der Waals surface area contributed by atoms with Gasteiger partial charge in [0.25, 0.3) is 0 Å². The van der Waals surface area contributed by atoms with E-state index in [1.807, 2.05) is 13.0 Å². The summed E-state index contributed by atoms with van der Waals surface area (Å²) in [6.07, 6.45) is 0. The molecule has 1 atom stereocenters. The van der Waals surface area contributed by atoms with E-state index in [2.05, 4.69) is 6.07 Å². The van der Waals surface area contributed by atoms with Crippen LogP contribution in [0.1, 0.15) is 16.7 Å². The molecule has 21 heavy (non-hydrogen) atoms. The van der Waals surface area contributed by atoms with E-state index in [1.165, 1.54) is 0 Å². The lowest BCUT2D eigenvalue weighted by Gasteiger charge is -2.10. The van der Waals surface area contributed by atoms with E-state index in [1.54, 1.807) is 37.4 Å². The summed E-state index contributed by atoms with van der Waals surface area (Å²) < 4.78 is 17.8. The highest BCUT2D eigenvalue weighted by atomic mass is 32.2. The number of nitriles is 1. The van der Waals surface area contributed by atoms with Gasteiger partial charge in [-0.1, -0.05) is 6.07 Å². The number of anilines is 1. The smallest absolute Gasteiger partial charge is 0.123 e. The first kappa shape index (κ1) is 15.1. The monoisotopic (exact) mass is 300 g/mol. The number of aryl methyl sites for hydroxylation is 1. The van der Waals surface area contributed by atoms with Crippen molar-refractivity contribution < 1.29 is 8.95 Å². The molecule has 0 aliphatic carbocycles. The van der Waals surface area contributed by atoms with Crippen LogP contribution >= 0.6 is 0 Å². The van der Waals surface area contributed by atoms with Gasteiger partial charge >= 0.3 is 0 Å². The van der Waals surface area contributed by atoms with Crippen LogP contribution in [-0.4, -0.2) is 11.3 Å². The van der Waals surface area contributed by atoms with Crippen molar-refractivity contribution in [2.45, 2.75) is 17.6 Å². The van der Waals surface area contributed by atoms with Crippen molar-refractivity contribution in [2.75, 3.05) is 12.8 Å². The number of benzene rings is 2. The van der Waals surface area contributed by atoms with Crippen LogP contribution < -0.4 is 10.5 Å². The summed E-state index contributed by atoms with van der Waals surface area (Å²) in [5.74, 6) is 0.874. The Hall–Kier alpha value is -2.32. The van der Waals surface area contributed by atoms with E-state index in [0.717, 1.165) is 11.1 Å². The number of nitrogen functional groups attached to an aromatic ring is 1. The van der Waals surface area contributed by atoms with Gasteiger partial charge in [-0.2, -0.15) is 5.26 Å². The largest absolute Gasteiger partial charge is 0.496 e. The lowest BCUT2D eigenvalue weighted by Crippen LogP contribution is -2.03. The van der Waals surface area contributed by atoms with Crippen molar-refractivity contribution in [2.24, 2.45) is 0 Å². The summed E-state index contributed by atoms with van der Waals surface area (Å²) in [6.45, 7) is 1.93. The van der Waals surface area contributed by atoms with Gasteiger partial charge in [0.2, 0.25) is 0 Å². The van der Waals surface area contributed by atoms with Crippen LogP contribution in [0.3, 0.4) is 0 Å². The summed E-state index contributed by atoms with van der Waals surface area (Å²) in [7, 11) is 0.259. The van der Waals surface area contributed by atoms with Crippen molar-refractivity contribution >= 4 is 16.5 Å². The SMILES string of the molecule is COc1ccc(C#N)cc1CS(=O)c1ccc(C)cc1N. The van der Waals surface area contributed by atoms with Crippen molar-refractivity contribution in [3.8, 4) is 11.8 Å². The summed E-state index contributed by atoms with van der Waals surface area (Å²) in [6, 6.07) is 12.6. The van der Waals surface area contributed by atoms with E-state index in [4.69, 9.17) is 15.7 Å². The van der Waals surface area contributed by atoms with Crippen LogP contribution in [0.25, 0.3) is 0 Å². The first-order chi connectivity index (χ1) is 10.0. The molecule has 0 spiro atoms. The molecule has 0 aliphatic rings. The maximum Gasteiger partial charge on any atom is 0.123 e. The molecule has 4 nitrogen and oxygen atoms in total. The van der Waals surface area contributed by atoms with Gasteiger partial charge in [-0.3, -0.25) is 4.21 Å². The van der Waals surface area contributed by atoms with Crippen molar-refractivity contribution in [3.63, 3.8) is 0 Å². The average Bonchev–Trinajstić information content (AvgIpc) is 2.46. The number of ether oxygens (including phenoxy) is 1. The Bertz CT molecular complexity index is 736. The van der Waals surface area contributed by atoms with E-state index >= 15 is 0 Å². The molecule has 2 rings (SSSR count). The molecular formula is C16H16N2O2S. The molecule has 0 bridgehead atoms. The molecule has 2 aromatic carbocycles. The van der Waals surface area contributed by atoms with Crippen LogP contribution in [0.5, 0.6) is 5.75 Å². The third kappa shape index (κ3) is 3.41. The molecular weight excluding hydrogens is 284 g/mol. The van der Waals surface area contributed by atoms with Crippen LogP contribution in [0.2, 0.25) is 0 Å². The van der Waals surface area contributed by atoms with E-state index in [0.29, 0.717) is 21.9 Å². The van der Waals surface area contributed by atoms with E-state index < -0.39 is 10.8 Å². The standard InChI is InChI=1S/C16H16N2O2S/c1-11-3-6-16(14(18)7-11)21(19)10-13-8-12(9-17)4-5-15(13)20-2/h3-8H,10,18H2,1-2H3. The molecule has 108 valence electrons. The summed E-state index contributed by atoms with van der Waals surface area (Å²) >= 11 is 0. The summed E-state index contributed by atoms with van der Waals surface area (Å²) in [5.41, 5.74) is 8.71. The Morgan fingerprint density at radius 3 is 2.67 bits per heavy atom. The zero-order valence-electron chi connectivity index (χ0n) is 11.9. The second-order valence-electron chi connectivity index (χ2n) is 4.67. The van der Waals surface area contributed by atoms with Crippen LogP contribution in [-0.2, 0) is 16.6 Å². The molecule has 2 aromatic rings. The summed E-state index contributed by atoms with van der Waals surface area (Å²) in [5, 5.41) is 8.96. The number of hydrogen-bond acceptors (Lipinski definition) is 4. The Kier molecular flexibility index (Phi) is 4.61. The van der Waals surface area contributed by atoms with Gasteiger partial charge in [0.05, 0.1) is 40.2 Å². The molecule has 0 amide bonds. The third-order valence-electron chi connectivity index (χ3n) is 3.11. The minimum atomic E-state index is -1.29. The maximum atomic E-state index is 12.5. The molecule has 0 saturated heterocycles. The average molecular weight is 300 g/mol. The van der Waals surface area contributed by atoms with E-state index in [-0.39, 0.29) is 5.75 Å². The highest BCUT2D eigenvalue weighted by Gasteiger charge is 2.13. The zero-order chi connectivity index (χ0) is 15.4. The molecule has 0 fully saturated rings. The van der Waals surface area contributed by atoms with Gasteiger partial charge in [-0.15, -0.1) is 0 Å². The molecule has 2 N–H and O–H groups in total. The number of rotatable bonds is 4. The highest BCUT2D eigenvalue weighted by Crippen LogP contribution is 2.25. The van der Waals surface area contributed by atoms with Gasteiger partial charge in [0, 0.05) is 11.3 Å². The Morgan fingerprint density at radius 1 is 1.29 bits per heavy atom. The molecule has 1 unspecified atom stereocenters. The second-order valence-corrected chi connectivity index (χ2v) is 6.09. The first-order valence-corrected chi connectivity index (χ1v) is 7.68. The fraction of sp³-hybridized carbons (Fsp3) is 0.188. The quantitative estimate of drug-likeness (QED) is 0.881. The minimum Gasteiger partial charge on any atom is -0.496 e. The van der Waals surface area contributed by atoms with Crippen LogP contribution in [0.4, 0.5) is 5.69 Å². The van der Waals surface area contributed by atoms with Gasteiger partial charge < -0.3 is 10.5 Å². The number of nitrogens with zero attached hydrogens (tertiary/aromatic N) is 1. The minimum absolute atomic E-state index is 0.256. The zero-order valence-corrected chi connectivity index (χ0v) is 12.7. The predicted octanol–water partition coefficient (Wildman–Crippen LogP) is 2.77. The normalized spacial score (nSPS) is 11.7. The Balaban J connectivity index is 2.33. The lowest BCUT2D eigenvalue weighted by molar-refractivity contribution is 0.411. The first-order valence-electron chi connectivity index (χ1n) is 6.36. The molecule has 0 aliphatic heterocycles. The van der Waals surface area contributed by atoms with E-state index in [9.17, 15) is 4.21 Å². The van der Waals surface area contributed by atoms with Crippen molar-refractivity contribution in [3.05, 3.63) is 53.1 Å². The van der Waals surface area contributed by atoms with Crippen LogP contribution in [0, 0.1) is 18.3 Å². The second kappa shape index (κ2) is 6.42. The fourth-order valence-corrected chi connectivity index (χ4v) is 3.26. The van der Waals surface area contributed by atoms with Gasteiger partial charge in [0.15, 0.2) is 0 Å². The third-order valence-corrected chi connectivity index (χ3v) is 4.54. The molecule has 0 radical (unpaired) electrons. The maximum absolute atomic E-state index is 12.5. The molecule has 0 heterocycles. The number of nitrogens with two attached hydrogens (primary N) is 1. The highest BCUT2D eigenvalue weighted by molar-refractivity contribution is 7.84. The topological polar surface area (TPSA) is 76.1 Å². The Morgan fingerprint density at radius 2 is 2.05 bits per heavy atom. The number of hydrogen-bond donors (Lipinski definition) is 1. The molecule has 0 saturated carbocycles. The number of methoxy groups -OCH3 is 1. The van der Waals surface area contributed by atoms with Crippen LogP contribution in [0.15, 0.2) is 41.3 Å². The van der Waals surface area contributed by atoms with Gasteiger partial charge in [-0.25, -0.2) is 0 Å². The van der Waals surface area contributed by atoms with Gasteiger partial charge in [-0.05, 0) is 42.8 Å². The molecule has 5 heteroatoms. The summed E-state index contributed by atoms with van der Waals surface area (Å²) in [4.78, 5) is 0.602.